The van der Waals surface area contributed by atoms with E-state index in [9.17, 15) is 0 Å². The van der Waals surface area contributed by atoms with Gasteiger partial charge in [0.2, 0.25) is 0 Å². The number of hydrogen-bond acceptors (Lipinski definition) is 0. The number of aromatic nitrogens is 1. The van der Waals surface area contributed by atoms with Gasteiger partial charge in [0.05, 0.1) is 27.3 Å². The molecule has 2 aromatic rings. The van der Waals surface area contributed by atoms with Crippen LogP contribution >= 0.6 is 0 Å². The molecule has 0 amide bonds. The summed E-state index contributed by atoms with van der Waals surface area (Å²) in [5.74, 6) is 0. The van der Waals surface area contributed by atoms with Crippen molar-refractivity contribution >= 4 is 17.0 Å². The monoisotopic (exact) mass is 200 g/mol. The summed E-state index contributed by atoms with van der Waals surface area (Å²) in [6.07, 6.45) is 6.22. The van der Waals surface area contributed by atoms with Crippen molar-refractivity contribution in [3.8, 4) is 0 Å². The number of para-hydroxylation sites is 1. The summed E-state index contributed by atoms with van der Waals surface area (Å²) in [6.45, 7) is 0. The van der Waals surface area contributed by atoms with Crippen LogP contribution in [-0.2, 0) is 0 Å². The minimum atomic E-state index is 0.819. The van der Waals surface area contributed by atoms with Crippen LogP contribution in [-0.4, -0.2) is 25.6 Å². The first-order valence-electron chi connectivity index (χ1n) is 5.07. The second kappa shape index (κ2) is 3.55. The molecular weight excluding hydrogens is 184 g/mol. The van der Waals surface area contributed by atoms with Gasteiger partial charge in [-0.2, -0.15) is 6.20 Å². The van der Waals surface area contributed by atoms with Crippen LogP contribution < -0.4 is 4.98 Å². The largest absolute Gasteiger partial charge is 0.663 e. The molecule has 1 aromatic carbocycles. The molecule has 0 atom stereocenters. The molecule has 2 rings (SSSR count). The number of quaternary nitrogens is 1. The molecule has 0 fully saturated rings. The first-order chi connectivity index (χ1) is 7.06. The molecule has 1 heterocycles. The molecule has 2 nitrogen and oxygen atoms in total. The van der Waals surface area contributed by atoms with Crippen LogP contribution in [0.25, 0.3) is 17.0 Å². The van der Waals surface area contributed by atoms with E-state index in [1.807, 2.05) is 24.4 Å². The van der Waals surface area contributed by atoms with E-state index in [1.165, 1.54) is 10.9 Å². The van der Waals surface area contributed by atoms with Gasteiger partial charge >= 0.3 is 0 Å². The molecule has 0 aliphatic rings. The van der Waals surface area contributed by atoms with Gasteiger partial charge in [-0.05, 0) is 17.0 Å². The van der Waals surface area contributed by atoms with Crippen LogP contribution in [0.5, 0.6) is 0 Å². The predicted molar refractivity (Wildman–Crippen MR) is 64.3 cm³/mol. The van der Waals surface area contributed by atoms with Crippen LogP contribution in [0, 0.1) is 0 Å². The maximum Gasteiger partial charge on any atom is 0.0957 e. The topological polar surface area (TPSA) is 14.1 Å². The van der Waals surface area contributed by atoms with E-state index in [0.717, 1.165) is 10.00 Å². The summed E-state index contributed by atoms with van der Waals surface area (Å²) in [4.78, 5) is 4.36. The van der Waals surface area contributed by atoms with Gasteiger partial charge in [0.25, 0.3) is 0 Å². The Morgan fingerprint density at radius 2 is 1.87 bits per heavy atom. The summed E-state index contributed by atoms with van der Waals surface area (Å²) in [5.41, 5.74) is 2.26. The van der Waals surface area contributed by atoms with E-state index in [0.29, 0.717) is 0 Å². The lowest BCUT2D eigenvalue weighted by Gasteiger charge is -2.17. The molecule has 0 spiro atoms. The molecule has 78 valence electrons. The maximum atomic E-state index is 4.36. The highest BCUT2D eigenvalue weighted by Crippen LogP contribution is 2.18. The van der Waals surface area contributed by atoms with Crippen molar-refractivity contribution < 1.29 is 4.48 Å². The van der Waals surface area contributed by atoms with Gasteiger partial charge < -0.3 is 9.47 Å². The first kappa shape index (κ1) is 9.99. The van der Waals surface area contributed by atoms with E-state index in [1.54, 1.807) is 0 Å². The molecule has 0 saturated heterocycles. The second-order valence-corrected chi connectivity index (χ2v) is 4.66. The highest BCUT2D eigenvalue weighted by molar-refractivity contribution is 5.88. The third-order valence-corrected chi connectivity index (χ3v) is 2.26. The number of hydrogen-bond donors (Lipinski definition) is 0. The molecule has 0 unspecified atom stereocenters. The summed E-state index contributed by atoms with van der Waals surface area (Å²) >= 11 is 0. The van der Waals surface area contributed by atoms with E-state index in [2.05, 4.69) is 44.5 Å². The van der Waals surface area contributed by atoms with Crippen molar-refractivity contribution in [3.63, 3.8) is 0 Å². The standard InChI is InChI=1S/C13H16N2/c1-15(2,3)9-8-11-10-14-13-7-5-4-6-12(11)13/h4-10H,1-3H3/b9-8+. The normalized spacial score (nSPS) is 12.7. The minimum Gasteiger partial charge on any atom is -0.663 e. The third kappa shape index (κ3) is 2.28. The Bertz CT molecular complexity index is 486. The Morgan fingerprint density at radius 3 is 2.60 bits per heavy atom. The molecule has 1 aromatic heterocycles. The third-order valence-electron chi connectivity index (χ3n) is 2.26. The van der Waals surface area contributed by atoms with Crippen LogP contribution in [0.4, 0.5) is 0 Å². The van der Waals surface area contributed by atoms with Crippen LogP contribution in [0.2, 0.25) is 0 Å². The van der Waals surface area contributed by atoms with E-state index in [4.69, 9.17) is 0 Å². The molecule has 2 heteroatoms. The predicted octanol–water partition coefficient (Wildman–Crippen LogP) is 2.47. The van der Waals surface area contributed by atoms with Crippen LogP contribution in [0.15, 0.2) is 36.7 Å². The lowest BCUT2D eigenvalue weighted by Crippen LogP contribution is -2.26. The molecular formula is C13H16N2. The SMILES string of the molecule is C[N+](C)(C)/C=C/c1c[n-]c2ccccc12. The van der Waals surface area contributed by atoms with Crippen molar-refractivity contribution in [2.45, 2.75) is 0 Å². The summed E-state index contributed by atoms with van der Waals surface area (Å²) in [5, 5.41) is 1.22. The molecule has 0 saturated carbocycles. The summed E-state index contributed by atoms with van der Waals surface area (Å²) in [6, 6.07) is 8.21. The molecule has 15 heavy (non-hydrogen) atoms. The average molecular weight is 200 g/mol. The highest BCUT2D eigenvalue weighted by Gasteiger charge is 2.00. The smallest absolute Gasteiger partial charge is 0.0957 e. The van der Waals surface area contributed by atoms with Gasteiger partial charge in [-0.1, -0.05) is 24.3 Å². The van der Waals surface area contributed by atoms with Gasteiger partial charge in [-0.15, -0.1) is 5.52 Å². The van der Waals surface area contributed by atoms with E-state index < -0.39 is 0 Å². The number of benzene rings is 1. The van der Waals surface area contributed by atoms with Gasteiger partial charge in [-0.3, -0.25) is 0 Å². The highest BCUT2D eigenvalue weighted by atomic mass is 15.3. The molecule has 0 bridgehead atoms. The van der Waals surface area contributed by atoms with Crippen molar-refractivity contribution in [1.82, 2.24) is 4.98 Å². The zero-order valence-corrected chi connectivity index (χ0v) is 9.44. The zero-order valence-electron chi connectivity index (χ0n) is 9.44. The second-order valence-electron chi connectivity index (χ2n) is 4.66. The number of rotatable bonds is 2. The fourth-order valence-electron chi connectivity index (χ4n) is 1.48. The Labute approximate surface area is 90.4 Å². The zero-order chi connectivity index (χ0) is 10.9. The Kier molecular flexibility index (Phi) is 2.37. The summed E-state index contributed by atoms with van der Waals surface area (Å²) < 4.78 is 0.819. The fraction of sp³-hybridized carbons (Fsp3) is 0.231. The van der Waals surface area contributed by atoms with Crippen LogP contribution in [0.3, 0.4) is 0 Å². The summed E-state index contributed by atoms with van der Waals surface area (Å²) in [7, 11) is 6.40. The minimum absolute atomic E-state index is 0.819. The Hall–Kier alpha value is -1.54. The van der Waals surface area contributed by atoms with E-state index in [-0.39, 0.29) is 0 Å². The Morgan fingerprint density at radius 1 is 1.13 bits per heavy atom. The lowest BCUT2D eigenvalue weighted by molar-refractivity contribution is -0.816. The van der Waals surface area contributed by atoms with Gasteiger partial charge in [-0.25, -0.2) is 0 Å². The van der Waals surface area contributed by atoms with Gasteiger partial charge in [0.1, 0.15) is 0 Å². The molecule has 0 N–H and O–H groups in total. The first-order valence-corrected chi connectivity index (χ1v) is 5.07. The number of nitrogens with zero attached hydrogens (tertiary/aromatic N) is 2. The fourth-order valence-corrected chi connectivity index (χ4v) is 1.48. The van der Waals surface area contributed by atoms with Gasteiger partial charge in [0.15, 0.2) is 0 Å². The Balaban J connectivity index is 2.41. The van der Waals surface area contributed by atoms with Crippen LogP contribution in [0.1, 0.15) is 5.56 Å². The maximum absolute atomic E-state index is 4.36. The van der Waals surface area contributed by atoms with Crippen molar-refractivity contribution in [1.29, 1.82) is 0 Å². The van der Waals surface area contributed by atoms with Gasteiger partial charge in [0, 0.05) is 0 Å². The van der Waals surface area contributed by atoms with Crippen molar-refractivity contribution in [3.05, 3.63) is 42.2 Å². The quantitative estimate of drug-likeness (QED) is 0.679. The molecule has 0 aliphatic heterocycles. The van der Waals surface area contributed by atoms with Crippen molar-refractivity contribution in [2.75, 3.05) is 21.1 Å². The van der Waals surface area contributed by atoms with Crippen molar-refractivity contribution in [2.24, 2.45) is 0 Å². The molecule has 0 radical (unpaired) electrons. The van der Waals surface area contributed by atoms with E-state index >= 15 is 0 Å². The average Bonchev–Trinajstić information content (AvgIpc) is 2.57. The molecule has 0 aliphatic carbocycles. The lowest BCUT2D eigenvalue weighted by atomic mass is 10.2. The number of fused-ring (bicyclic) bond motifs is 1.